The van der Waals surface area contributed by atoms with Crippen molar-refractivity contribution < 1.29 is 9.53 Å². The van der Waals surface area contributed by atoms with Gasteiger partial charge in [-0.15, -0.1) is 0 Å². The van der Waals surface area contributed by atoms with E-state index in [-0.39, 0.29) is 24.4 Å². The third-order valence-electron chi connectivity index (χ3n) is 5.19. The van der Waals surface area contributed by atoms with Crippen molar-refractivity contribution in [1.82, 2.24) is 0 Å². The second-order valence-corrected chi connectivity index (χ2v) is 7.76. The number of hydrogen-bond donors (Lipinski definition) is 0. The first kappa shape index (κ1) is 21.5. The summed E-state index contributed by atoms with van der Waals surface area (Å²) in [6, 6.07) is 0. The summed E-state index contributed by atoms with van der Waals surface area (Å²) in [6.45, 7) is 8.20. The van der Waals surface area contributed by atoms with Gasteiger partial charge in [0.25, 0.3) is 0 Å². The molecule has 1 saturated carbocycles. The van der Waals surface area contributed by atoms with E-state index in [0.717, 1.165) is 19.3 Å². The Balaban J connectivity index is 0.00000441. The molecule has 0 atom stereocenters. The molecule has 0 aromatic carbocycles. The molecule has 0 radical (unpaired) electrons. The van der Waals surface area contributed by atoms with Crippen molar-refractivity contribution in [3.05, 3.63) is 0 Å². The van der Waals surface area contributed by atoms with Gasteiger partial charge in [0.2, 0.25) is 0 Å². The minimum atomic E-state index is -0.354. The third kappa shape index (κ3) is 7.65. The van der Waals surface area contributed by atoms with Gasteiger partial charge in [0.15, 0.2) is 0 Å². The van der Waals surface area contributed by atoms with E-state index in [0.29, 0.717) is 0 Å². The SMILES string of the molecule is C.CCC(C)(C)C(=O)OC1(C)CCCCCCCCCCC1. The molecule has 1 rings (SSSR count). The van der Waals surface area contributed by atoms with Gasteiger partial charge >= 0.3 is 5.97 Å². The van der Waals surface area contributed by atoms with Crippen LogP contribution in [0.5, 0.6) is 0 Å². The average Bonchev–Trinajstić information content (AvgIpc) is 2.43. The lowest BCUT2D eigenvalue weighted by molar-refractivity contribution is -0.170. The fourth-order valence-electron chi connectivity index (χ4n) is 2.97. The highest BCUT2D eigenvalue weighted by Gasteiger charge is 2.34. The minimum absolute atomic E-state index is 0. The number of hydrogen-bond acceptors (Lipinski definition) is 2. The Kier molecular flexibility index (Phi) is 10.0. The van der Waals surface area contributed by atoms with Crippen LogP contribution in [0.25, 0.3) is 0 Å². The first-order chi connectivity index (χ1) is 9.90. The van der Waals surface area contributed by atoms with Crippen LogP contribution < -0.4 is 0 Å². The standard InChI is InChI=1S/C19H36O2.CH4/c1-5-18(2,3)17(20)21-19(4)15-13-11-9-7-6-8-10-12-14-16-19;/h5-16H2,1-4H3;1H4. The number of carbonyl (C=O) groups is 1. The zero-order valence-corrected chi connectivity index (χ0v) is 14.8. The zero-order valence-electron chi connectivity index (χ0n) is 14.8. The smallest absolute Gasteiger partial charge is 0.312 e. The molecule has 2 nitrogen and oxygen atoms in total. The summed E-state index contributed by atoms with van der Waals surface area (Å²) in [7, 11) is 0. The molecule has 0 bridgehead atoms. The van der Waals surface area contributed by atoms with Crippen LogP contribution >= 0.6 is 0 Å². The summed E-state index contributed by atoms with van der Waals surface area (Å²) in [5, 5.41) is 0. The van der Waals surface area contributed by atoms with Crippen LogP contribution in [0.2, 0.25) is 0 Å². The number of esters is 1. The molecule has 0 aromatic heterocycles. The van der Waals surface area contributed by atoms with Crippen molar-refractivity contribution in [3.63, 3.8) is 0 Å². The second kappa shape index (κ2) is 10.3. The van der Waals surface area contributed by atoms with Gasteiger partial charge in [-0.2, -0.15) is 0 Å². The molecule has 1 aliphatic carbocycles. The molecular weight excluding hydrogens is 272 g/mol. The Morgan fingerprint density at radius 3 is 1.64 bits per heavy atom. The largest absolute Gasteiger partial charge is 0.459 e. The van der Waals surface area contributed by atoms with E-state index in [9.17, 15) is 4.79 Å². The van der Waals surface area contributed by atoms with Crippen LogP contribution in [0.3, 0.4) is 0 Å². The van der Waals surface area contributed by atoms with Crippen LogP contribution in [0.4, 0.5) is 0 Å². The molecule has 0 N–H and O–H groups in total. The molecule has 0 spiro atoms. The molecule has 0 saturated heterocycles. The van der Waals surface area contributed by atoms with Crippen LogP contribution in [0.1, 0.15) is 112 Å². The lowest BCUT2D eigenvalue weighted by Gasteiger charge is -2.34. The van der Waals surface area contributed by atoms with Gasteiger partial charge in [-0.3, -0.25) is 4.79 Å². The highest BCUT2D eigenvalue weighted by molar-refractivity contribution is 5.76. The van der Waals surface area contributed by atoms with Crippen LogP contribution in [0.15, 0.2) is 0 Å². The van der Waals surface area contributed by atoms with Crippen molar-refractivity contribution in [3.8, 4) is 0 Å². The van der Waals surface area contributed by atoms with E-state index in [2.05, 4.69) is 13.8 Å². The molecule has 0 aliphatic heterocycles. The lowest BCUT2D eigenvalue weighted by Crippen LogP contribution is -2.37. The molecule has 1 fully saturated rings. The van der Waals surface area contributed by atoms with Crippen LogP contribution in [0, 0.1) is 5.41 Å². The van der Waals surface area contributed by atoms with Crippen molar-refractivity contribution >= 4 is 5.97 Å². The molecule has 22 heavy (non-hydrogen) atoms. The summed E-state index contributed by atoms with van der Waals surface area (Å²) in [5.41, 5.74) is -0.602. The molecular formula is C20H40O2. The van der Waals surface area contributed by atoms with Crippen LogP contribution in [-0.2, 0) is 9.53 Å². The third-order valence-corrected chi connectivity index (χ3v) is 5.19. The van der Waals surface area contributed by atoms with E-state index < -0.39 is 0 Å². The summed E-state index contributed by atoms with van der Waals surface area (Å²) in [4.78, 5) is 12.4. The van der Waals surface area contributed by atoms with Crippen molar-refractivity contribution in [2.24, 2.45) is 5.41 Å². The average molecular weight is 313 g/mol. The van der Waals surface area contributed by atoms with E-state index in [1.54, 1.807) is 0 Å². The van der Waals surface area contributed by atoms with E-state index in [1.807, 2.05) is 13.8 Å². The topological polar surface area (TPSA) is 26.3 Å². The molecule has 1 aliphatic rings. The van der Waals surface area contributed by atoms with E-state index >= 15 is 0 Å². The maximum Gasteiger partial charge on any atom is 0.312 e. The van der Waals surface area contributed by atoms with Gasteiger partial charge in [0.1, 0.15) is 5.60 Å². The molecule has 0 amide bonds. The first-order valence-corrected chi connectivity index (χ1v) is 9.13. The monoisotopic (exact) mass is 312 g/mol. The Morgan fingerprint density at radius 1 is 0.909 bits per heavy atom. The van der Waals surface area contributed by atoms with Crippen molar-refractivity contribution in [2.75, 3.05) is 0 Å². The summed E-state index contributed by atoms with van der Waals surface area (Å²) in [6.07, 6.45) is 14.7. The van der Waals surface area contributed by atoms with E-state index in [4.69, 9.17) is 4.74 Å². The van der Waals surface area contributed by atoms with Crippen LogP contribution in [-0.4, -0.2) is 11.6 Å². The highest BCUT2D eigenvalue weighted by Crippen LogP contribution is 2.32. The Morgan fingerprint density at radius 2 is 1.27 bits per heavy atom. The Labute approximate surface area is 139 Å². The Bertz CT molecular complexity index is 295. The maximum atomic E-state index is 12.4. The highest BCUT2D eigenvalue weighted by atomic mass is 16.6. The normalized spacial score (nSPS) is 20.9. The fourth-order valence-corrected chi connectivity index (χ4v) is 2.97. The minimum Gasteiger partial charge on any atom is -0.459 e. The summed E-state index contributed by atoms with van der Waals surface area (Å²) >= 11 is 0. The molecule has 0 heterocycles. The van der Waals surface area contributed by atoms with E-state index in [1.165, 1.54) is 57.8 Å². The van der Waals surface area contributed by atoms with Gasteiger partial charge in [-0.1, -0.05) is 59.3 Å². The number of carbonyl (C=O) groups excluding carboxylic acids is 1. The van der Waals surface area contributed by atoms with Gasteiger partial charge in [0.05, 0.1) is 5.41 Å². The fraction of sp³-hybridized carbons (Fsp3) is 0.950. The van der Waals surface area contributed by atoms with Crippen molar-refractivity contribution in [2.45, 2.75) is 118 Å². The van der Waals surface area contributed by atoms with Gasteiger partial charge in [-0.05, 0) is 52.9 Å². The van der Waals surface area contributed by atoms with Crippen molar-refractivity contribution in [1.29, 1.82) is 0 Å². The zero-order chi connectivity index (χ0) is 15.8. The molecule has 0 aromatic rings. The molecule has 2 heteroatoms. The summed E-state index contributed by atoms with van der Waals surface area (Å²) in [5.74, 6) is -0.0143. The van der Waals surface area contributed by atoms with Gasteiger partial charge in [0, 0.05) is 0 Å². The summed E-state index contributed by atoms with van der Waals surface area (Å²) < 4.78 is 6.00. The van der Waals surface area contributed by atoms with Gasteiger partial charge in [-0.25, -0.2) is 0 Å². The predicted molar refractivity (Wildman–Crippen MR) is 96.1 cm³/mol. The Hall–Kier alpha value is -0.530. The lowest BCUT2D eigenvalue weighted by atomic mass is 9.87. The number of rotatable bonds is 3. The molecule has 0 unspecified atom stereocenters. The predicted octanol–water partition coefficient (Wildman–Crippen LogP) is 6.67. The second-order valence-electron chi connectivity index (χ2n) is 7.76. The van der Waals surface area contributed by atoms with Gasteiger partial charge < -0.3 is 4.74 Å². The maximum absolute atomic E-state index is 12.4. The quantitative estimate of drug-likeness (QED) is 0.544. The number of ether oxygens (including phenoxy) is 1. The molecule has 132 valence electrons. The first-order valence-electron chi connectivity index (χ1n) is 9.13.